The standard InChI is InChI=1S/C71H131N2O6P/c1-6-8-10-12-14-16-18-20-22-24-26-28-30-32-33-34-35-36-37-38-39-41-43-45-47-49-51-53-55-57-59-61-63-65-71(75)72-69(68-79-80(76,77)78-67-66-73(3,4)5)70(74)64-62-60-58-56-54-52-50-48-46-44-42-40-31-29-27-25-23-21-19-17-15-13-11-9-7-2/h8,10,14,16,20,22,26,28,32-33,35-36,62,64,69-70,74H,6-7,9,11-13,15,17-19,21,23-25,27,29-31,34,37-61,63,65-68H2,1-5H3,(H-,72,75,76,77)/p+1/b10-8-,16-14-,22-20-,28-26-,33-32-,36-35-,64-62+. The maximum atomic E-state index is 13.0. The van der Waals surface area contributed by atoms with Gasteiger partial charge in [0.05, 0.1) is 39.9 Å². The molecule has 0 aromatic rings. The molecule has 0 aromatic heterocycles. The molecule has 0 fully saturated rings. The minimum absolute atomic E-state index is 0.0596. The van der Waals surface area contributed by atoms with E-state index in [2.05, 4.69) is 92.1 Å². The van der Waals surface area contributed by atoms with Gasteiger partial charge in [0.25, 0.3) is 0 Å². The Morgan fingerprint density at radius 3 is 1.10 bits per heavy atom. The average Bonchev–Trinajstić information content (AvgIpc) is 3.42. The molecule has 0 saturated heterocycles. The van der Waals surface area contributed by atoms with E-state index in [1.165, 1.54) is 212 Å². The highest BCUT2D eigenvalue weighted by Crippen LogP contribution is 2.43. The van der Waals surface area contributed by atoms with Gasteiger partial charge in [0.15, 0.2) is 0 Å². The van der Waals surface area contributed by atoms with E-state index in [4.69, 9.17) is 9.05 Å². The molecule has 9 heteroatoms. The third-order valence-corrected chi connectivity index (χ3v) is 16.1. The molecule has 0 rings (SSSR count). The molecule has 0 aliphatic carbocycles. The first-order valence-corrected chi connectivity index (χ1v) is 35.5. The monoisotopic (exact) mass is 1140 g/mol. The molecule has 8 nitrogen and oxygen atoms in total. The number of hydrogen-bond donors (Lipinski definition) is 3. The number of phosphoric acid groups is 1. The molecule has 0 bridgehead atoms. The van der Waals surface area contributed by atoms with Crippen molar-refractivity contribution in [2.45, 2.75) is 321 Å². The quantitative estimate of drug-likeness (QED) is 0.0243. The highest BCUT2D eigenvalue weighted by Gasteiger charge is 2.28. The Kier molecular flexibility index (Phi) is 59.5. The molecular formula is C71H132N2O6P+. The number of quaternary nitrogens is 1. The van der Waals surface area contributed by atoms with E-state index in [0.29, 0.717) is 17.4 Å². The number of likely N-dealkylation sites (N-methyl/N-ethyl adjacent to an activating group) is 1. The Bertz CT molecular complexity index is 1580. The van der Waals surface area contributed by atoms with E-state index in [1.807, 2.05) is 27.2 Å². The van der Waals surface area contributed by atoms with Crippen molar-refractivity contribution in [1.29, 1.82) is 0 Å². The molecule has 0 saturated carbocycles. The first kappa shape index (κ1) is 77.7. The van der Waals surface area contributed by atoms with Gasteiger partial charge in [-0.3, -0.25) is 13.8 Å². The molecule has 0 aromatic carbocycles. The van der Waals surface area contributed by atoms with E-state index >= 15 is 0 Å². The number of carbonyl (C=O) groups is 1. The summed E-state index contributed by atoms with van der Waals surface area (Å²) < 4.78 is 23.8. The lowest BCUT2D eigenvalue weighted by Gasteiger charge is -2.25. The van der Waals surface area contributed by atoms with Crippen LogP contribution in [0.4, 0.5) is 0 Å². The van der Waals surface area contributed by atoms with Crippen molar-refractivity contribution in [2.24, 2.45) is 0 Å². The zero-order valence-corrected chi connectivity index (χ0v) is 54.2. The van der Waals surface area contributed by atoms with Gasteiger partial charge in [0.2, 0.25) is 5.91 Å². The number of nitrogens with zero attached hydrogens (tertiary/aromatic N) is 1. The lowest BCUT2D eigenvalue weighted by molar-refractivity contribution is -0.870. The van der Waals surface area contributed by atoms with Crippen molar-refractivity contribution in [3.05, 3.63) is 85.1 Å². The van der Waals surface area contributed by atoms with Crippen LogP contribution in [0.1, 0.15) is 309 Å². The lowest BCUT2D eigenvalue weighted by atomic mass is 10.0. The van der Waals surface area contributed by atoms with E-state index in [1.54, 1.807) is 6.08 Å². The van der Waals surface area contributed by atoms with Crippen molar-refractivity contribution in [3.63, 3.8) is 0 Å². The summed E-state index contributed by atoms with van der Waals surface area (Å²) in [6.45, 7) is 4.74. The van der Waals surface area contributed by atoms with E-state index < -0.39 is 20.0 Å². The second kappa shape index (κ2) is 61.2. The number of nitrogens with one attached hydrogen (secondary N) is 1. The Labute approximate surface area is 497 Å². The number of aliphatic hydroxyl groups excluding tert-OH is 1. The third-order valence-electron chi connectivity index (χ3n) is 15.1. The predicted molar refractivity (Wildman–Crippen MR) is 350 cm³/mol. The summed E-state index contributed by atoms with van der Waals surface area (Å²) in [6, 6.07) is -0.852. The van der Waals surface area contributed by atoms with E-state index in [-0.39, 0.29) is 19.1 Å². The second-order valence-electron chi connectivity index (χ2n) is 24.2. The molecule has 0 aliphatic rings. The Hall–Kier alpha value is -2.32. The van der Waals surface area contributed by atoms with Gasteiger partial charge < -0.3 is 19.8 Å². The maximum absolute atomic E-state index is 13.0. The van der Waals surface area contributed by atoms with Crippen LogP contribution in [0.2, 0.25) is 0 Å². The van der Waals surface area contributed by atoms with Crippen molar-refractivity contribution in [3.8, 4) is 0 Å². The van der Waals surface area contributed by atoms with Crippen molar-refractivity contribution >= 4 is 13.7 Å². The zero-order valence-electron chi connectivity index (χ0n) is 53.3. The number of aliphatic hydroxyl groups is 1. The van der Waals surface area contributed by atoms with Gasteiger partial charge in [-0.15, -0.1) is 0 Å². The number of unbranched alkanes of at least 4 members (excludes halogenated alkanes) is 37. The van der Waals surface area contributed by atoms with Crippen LogP contribution < -0.4 is 5.32 Å². The minimum Gasteiger partial charge on any atom is -0.387 e. The number of carbonyl (C=O) groups excluding carboxylic acids is 1. The van der Waals surface area contributed by atoms with Gasteiger partial charge in [-0.1, -0.05) is 317 Å². The van der Waals surface area contributed by atoms with Crippen LogP contribution in [-0.2, 0) is 18.4 Å². The van der Waals surface area contributed by atoms with Gasteiger partial charge in [-0.2, -0.15) is 0 Å². The largest absolute Gasteiger partial charge is 0.472 e. The highest BCUT2D eigenvalue weighted by atomic mass is 31.2. The van der Waals surface area contributed by atoms with Crippen molar-refractivity contribution in [2.75, 3.05) is 40.9 Å². The molecule has 3 N–H and O–H groups in total. The van der Waals surface area contributed by atoms with Crippen LogP contribution in [-0.4, -0.2) is 73.4 Å². The zero-order chi connectivity index (χ0) is 58.4. The fourth-order valence-electron chi connectivity index (χ4n) is 9.87. The summed E-state index contributed by atoms with van der Waals surface area (Å²) in [7, 11) is 1.58. The molecule has 0 heterocycles. The van der Waals surface area contributed by atoms with Gasteiger partial charge in [0, 0.05) is 6.42 Å². The minimum atomic E-state index is -4.36. The van der Waals surface area contributed by atoms with E-state index in [9.17, 15) is 19.4 Å². The summed E-state index contributed by atoms with van der Waals surface area (Å²) in [4.78, 5) is 23.4. The summed E-state index contributed by atoms with van der Waals surface area (Å²) >= 11 is 0. The van der Waals surface area contributed by atoms with Gasteiger partial charge >= 0.3 is 7.82 Å². The van der Waals surface area contributed by atoms with Crippen molar-refractivity contribution in [1.82, 2.24) is 5.32 Å². The molecule has 80 heavy (non-hydrogen) atoms. The number of allylic oxidation sites excluding steroid dienone is 13. The highest BCUT2D eigenvalue weighted by molar-refractivity contribution is 7.47. The smallest absolute Gasteiger partial charge is 0.387 e. The Balaban J connectivity index is 4.10. The number of amides is 1. The first-order chi connectivity index (χ1) is 39.0. The Morgan fingerprint density at radius 2 is 0.750 bits per heavy atom. The van der Waals surface area contributed by atoms with Crippen LogP contribution in [0.5, 0.6) is 0 Å². The summed E-state index contributed by atoms with van der Waals surface area (Å²) in [5.74, 6) is -0.176. The predicted octanol–water partition coefficient (Wildman–Crippen LogP) is 21.5. The molecule has 3 unspecified atom stereocenters. The molecule has 0 radical (unpaired) electrons. The summed E-state index contributed by atoms with van der Waals surface area (Å²) in [5, 5.41) is 14.0. The average molecular weight is 1140 g/mol. The topological polar surface area (TPSA) is 105 Å². The lowest BCUT2D eigenvalue weighted by Crippen LogP contribution is -2.45. The SMILES string of the molecule is CC/C=C\C/C=C\C/C=C\C/C=C\C/C=C\C/C=C\CCCCCCCCCCCCCCCCC(=O)NC(COP(=O)(O)OCC[N+](C)(C)C)C(O)/C=C/CCCCCCCCCCCCCCCCCCCCCCCCC. The van der Waals surface area contributed by atoms with E-state index in [0.717, 1.165) is 77.0 Å². The first-order valence-electron chi connectivity index (χ1n) is 34.0. The molecule has 0 aliphatic heterocycles. The number of phosphoric ester groups is 1. The van der Waals surface area contributed by atoms with Crippen LogP contribution >= 0.6 is 7.82 Å². The van der Waals surface area contributed by atoms with Crippen molar-refractivity contribution < 1.29 is 32.9 Å². The molecule has 466 valence electrons. The van der Waals surface area contributed by atoms with Gasteiger partial charge in [-0.05, 0) is 70.6 Å². The molecule has 0 spiro atoms. The molecular weight excluding hydrogens is 1010 g/mol. The van der Waals surface area contributed by atoms with Crippen LogP contribution in [0.25, 0.3) is 0 Å². The van der Waals surface area contributed by atoms with Crippen LogP contribution in [0.15, 0.2) is 85.1 Å². The fraction of sp³-hybridized carbons (Fsp3) is 0.789. The summed E-state index contributed by atoms with van der Waals surface area (Å²) in [6.07, 6.45) is 87.1. The van der Waals surface area contributed by atoms with Gasteiger partial charge in [0.1, 0.15) is 13.2 Å². The molecule has 3 atom stereocenters. The fourth-order valence-corrected chi connectivity index (χ4v) is 10.6. The number of rotatable bonds is 62. The van der Waals surface area contributed by atoms with Gasteiger partial charge in [-0.25, -0.2) is 4.57 Å². The third kappa shape index (κ3) is 63.3. The van der Waals surface area contributed by atoms with Crippen LogP contribution in [0, 0.1) is 0 Å². The molecule has 1 amide bonds. The maximum Gasteiger partial charge on any atom is 0.472 e. The van der Waals surface area contributed by atoms with Crippen LogP contribution in [0.3, 0.4) is 0 Å². The second-order valence-corrected chi connectivity index (χ2v) is 25.6. The number of hydrogen-bond acceptors (Lipinski definition) is 5. The summed E-state index contributed by atoms with van der Waals surface area (Å²) in [5.41, 5.74) is 0. The normalized spacial score (nSPS) is 14.2. The Morgan fingerprint density at radius 1 is 0.438 bits per heavy atom.